The molecule has 0 amide bonds. The lowest BCUT2D eigenvalue weighted by Crippen LogP contribution is -2.39. The van der Waals surface area contributed by atoms with E-state index in [0.29, 0.717) is 6.42 Å². The smallest absolute Gasteiger partial charge is 0.306 e. The van der Waals surface area contributed by atoms with Gasteiger partial charge in [-0.1, -0.05) is 0 Å². The van der Waals surface area contributed by atoms with Gasteiger partial charge in [-0.2, -0.15) is 11.8 Å². The Hall–Kier alpha value is -0.220. The van der Waals surface area contributed by atoms with E-state index >= 15 is 0 Å². The Balaban J connectivity index is 1.65. The summed E-state index contributed by atoms with van der Waals surface area (Å²) in [5, 5.41) is 4.38. The van der Waals surface area contributed by atoms with Gasteiger partial charge in [0.25, 0.3) is 0 Å². The van der Waals surface area contributed by atoms with E-state index in [1.165, 1.54) is 32.8 Å². The summed E-state index contributed by atoms with van der Waals surface area (Å²) in [4.78, 5) is 10.9. The fourth-order valence-electron chi connectivity index (χ4n) is 2.55. The zero-order valence-electron chi connectivity index (χ0n) is 9.20. The second kappa shape index (κ2) is 5.21. The summed E-state index contributed by atoms with van der Waals surface area (Å²) in [5.41, 5.74) is 0. The van der Waals surface area contributed by atoms with E-state index in [4.69, 9.17) is 0 Å². The van der Waals surface area contributed by atoms with Crippen LogP contribution in [-0.4, -0.2) is 36.2 Å². The van der Waals surface area contributed by atoms with Crippen molar-refractivity contribution in [1.29, 1.82) is 0 Å². The molecule has 0 radical (unpaired) electrons. The summed E-state index contributed by atoms with van der Waals surface area (Å²) in [6.45, 7) is 0. The van der Waals surface area contributed by atoms with Crippen LogP contribution in [0, 0.1) is 0 Å². The normalized spacial score (nSPS) is 34.1. The maximum Gasteiger partial charge on any atom is 0.306 e. The molecule has 0 spiro atoms. The third kappa shape index (κ3) is 3.11. The van der Waals surface area contributed by atoms with Gasteiger partial charge in [0.15, 0.2) is 0 Å². The van der Waals surface area contributed by atoms with Gasteiger partial charge >= 0.3 is 5.97 Å². The van der Waals surface area contributed by atoms with Crippen molar-refractivity contribution in [3.05, 3.63) is 0 Å². The standard InChI is InChI=1S/C11H19NO2S/c1-14-11(13)4-5-15-10-6-8-2-3-9(7-10)12-8/h8-10,12H,2-7H2,1H3/t8-,9+,10?. The maximum absolute atomic E-state index is 10.9. The Kier molecular flexibility index (Phi) is 3.92. The Morgan fingerprint density at radius 1 is 1.40 bits per heavy atom. The predicted octanol–water partition coefficient (Wildman–Crippen LogP) is 1.57. The van der Waals surface area contributed by atoms with Gasteiger partial charge in [0.2, 0.25) is 0 Å². The van der Waals surface area contributed by atoms with Gasteiger partial charge < -0.3 is 10.1 Å². The van der Waals surface area contributed by atoms with Gasteiger partial charge in [-0.05, 0) is 25.7 Å². The molecule has 0 saturated carbocycles. The fourth-order valence-corrected chi connectivity index (χ4v) is 3.91. The van der Waals surface area contributed by atoms with Crippen molar-refractivity contribution in [3.8, 4) is 0 Å². The average molecular weight is 229 g/mol. The van der Waals surface area contributed by atoms with Gasteiger partial charge in [0.05, 0.1) is 13.5 Å². The van der Waals surface area contributed by atoms with E-state index in [9.17, 15) is 4.79 Å². The summed E-state index contributed by atoms with van der Waals surface area (Å²) in [7, 11) is 1.46. The molecule has 15 heavy (non-hydrogen) atoms. The number of hydrogen-bond acceptors (Lipinski definition) is 4. The van der Waals surface area contributed by atoms with Gasteiger partial charge in [0, 0.05) is 23.1 Å². The first-order valence-electron chi connectivity index (χ1n) is 5.72. The van der Waals surface area contributed by atoms with E-state index in [-0.39, 0.29) is 5.97 Å². The molecule has 0 aromatic carbocycles. The zero-order chi connectivity index (χ0) is 10.7. The van der Waals surface area contributed by atoms with Gasteiger partial charge in [-0.25, -0.2) is 0 Å². The largest absolute Gasteiger partial charge is 0.469 e. The van der Waals surface area contributed by atoms with Crippen molar-refractivity contribution >= 4 is 17.7 Å². The van der Waals surface area contributed by atoms with E-state index in [1.54, 1.807) is 0 Å². The van der Waals surface area contributed by atoms with Gasteiger partial charge in [-0.15, -0.1) is 0 Å². The number of fused-ring (bicyclic) bond motifs is 2. The van der Waals surface area contributed by atoms with E-state index in [0.717, 1.165) is 23.1 Å². The molecule has 2 aliphatic rings. The zero-order valence-corrected chi connectivity index (χ0v) is 10.0. The second-order valence-corrected chi connectivity index (χ2v) is 5.84. The Bertz CT molecular complexity index is 223. The number of thioether (sulfide) groups is 1. The highest BCUT2D eigenvalue weighted by molar-refractivity contribution is 7.99. The molecule has 1 N–H and O–H groups in total. The third-order valence-electron chi connectivity index (χ3n) is 3.32. The predicted molar refractivity (Wildman–Crippen MR) is 62.1 cm³/mol. The quantitative estimate of drug-likeness (QED) is 0.743. The lowest BCUT2D eigenvalue weighted by Gasteiger charge is -2.28. The van der Waals surface area contributed by atoms with Crippen LogP contribution < -0.4 is 5.32 Å². The SMILES string of the molecule is COC(=O)CCSC1C[C@H]2CC[C@@H](C1)N2. The summed E-state index contributed by atoms with van der Waals surface area (Å²) in [5.74, 6) is 0.830. The number of hydrogen-bond donors (Lipinski definition) is 1. The number of methoxy groups -OCH3 is 1. The molecule has 2 saturated heterocycles. The molecule has 0 aromatic heterocycles. The topological polar surface area (TPSA) is 38.3 Å². The summed E-state index contributed by atoms with van der Waals surface area (Å²) in [6, 6.07) is 1.50. The highest BCUT2D eigenvalue weighted by Gasteiger charge is 2.33. The van der Waals surface area contributed by atoms with Crippen molar-refractivity contribution in [1.82, 2.24) is 5.32 Å². The Labute approximate surface area is 95.3 Å². The van der Waals surface area contributed by atoms with Crippen molar-refractivity contribution in [2.24, 2.45) is 0 Å². The van der Waals surface area contributed by atoms with Crippen LogP contribution in [-0.2, 0) is 9.53 Å². The minimum Gasteiger partial charge on any atom is -0.469 e. The highest BCUT2D eigenvalue weighted by Crippen LogP contribution is 2.33. The van der Waals surface area contributed by atoms with Crippen molar-refractivity contribution in [2.75, 3.05) is 12.9 Å². The molecular formula is C11H19NO2S. The van der Waals surface area contributed by atoms with E-state index in [1.807, 2.05) is 11.8 Å². The minimum absolute atomic E-state index is 0.0839. The number of carbonyl (C=O) groups excluding carboxylic acids is 1. The lowest BCUT2D eigenvalue weighted by atomic mass is 10.1. The van der Waals surface area contributed by atoms with Crippen LogP contribution in [0.4, 0.5) is 0 Å². The van der Waals surface area contributed by atoms with Crippen LogP contribution in [0.25, 0.3) is 0 Å². The average Bonchev–Trinajstić information content (AvgIpc) is 2.58. The molecule has 2 rings (SSSR count). The fraction of sp³-hybridized carbons (Fsp3) is 0.909. The van der Waals surface area contributed by atoms with Crippen LogP contribution in [0.5, 0.6) is 0 Å². The van der Waals surface area contributed by atoms with Crippen LogP contribution in [0.2, 0.25) is 0 Å². The van der Waals surface area contributed by atoms with Crippen molar-refractivity contribution < 1.29 is 9.53 Å². The molecule has 2 aliphatic heterocycles. The second-order valence-electron chi connectivity index (χ2n) is 4.43. The molecule has 3 nitrogen and oxygen atoms in total. The van der Waals surface area contributed by atoms with Crippen LogP contribution in [0.15, 0.2) is 0 Å². The first-order valence-corrected chi connectivity index (χ1v) is 6.77. The third-order valence-corrected chi connectivity index (χ3v) is 4.61. The molecule has 86 valence electrons. The monoisotopic (exact) mass is 229 g/mol. The van der Waals surface area contributed by atoms with Crippen molar-refractivity contribution in [2.45, 2.75) is 49.4 Å². The number of piperidine rings is 1. The van der Waals surface area contributed by atoms with Crippen LogP contribution in [0.3, 0.4) is 0 Å². The first kappa shape index (κ1) is 11.3. The molecule has 0 aliphatic carbocycles. The van der Waals surface area contributed by atoms with E-state index in [2.05, 4.69) is 10.1 Å². The minimum atomic E-state index is -0.0839. The Morgan fingerprint density at radius 3 is 2.67 bits per heavy atom. The van der Waals surface area contributed by atoms with E-state index < -0.39 is 0 Å². The Morgan fingerprint density at radius 2 is 2.07 bits per heavy atom. The molecule has 4 heteroatoms. The lowest BCUT2D eigenvalue weighted by molar-refractivity contribution is -0.140. The highest BCUT2D eigenvalue weighted by atomic mass is 32.2. The molecule has 2 bridgehead atoms. The molecular weight excluding hydrogens is 210 g/mol. The van der Waals surface area contributed by atoms with Crippen LogP contribution in [0.1, 0.15) is 32.1 Å². The number of esters is 1. The summed E-state index contributed by atoms with van der Waals surface area (Å²) >= 11 is 1.95. The number of rotatable bonds is 4. The number of carbonyl (C=O) groups is 1. The van der Waals surface area contributed by atoms with Gasteiger partial charge in [-0.3, -0.25) is 4.79 Å². The van der Waals surface area contributed by atoms with Crippen LogP contribution >= 0.6 is 11.8 Å². The molecule has 2 heterocycles. The molecule has 1 unspecified atom stereocenters. The van der Waals surface area contributed by atoms with Gasteiger partial charge in [0.1, 0.15) is 0 Å². The summed E-state index contributed by atoms with van der Waals surface area (Å²) in [6.07, 6.45) is 5.81. The summed E-state index contributed by atoms with van der Waals surface area (Å²) < 4.78 is 4.63. The first-order chi connectivity index (χ1) is 7.28. The maximum atomic E-state index is 10.9. The molecule has 3 atom stereocenters. The number of nitrogens with one attached hydrogen (secondary N) is 1. The van der Waals surface area contributed by atoms with Crippen molar-refractivity contribution in [3.63, 3.8) is 0 Å². The number of ether oxygens (including phenoxy) is 1. The molecule has 2 fully saturated rings. The molecule has 0 aromatic rings.